The van der Waals surface area contributed by atoms with Crippen molar-refractivity contribution in [1.82, 2.24) is 15.0 Å². The van der Waals surface area contributed by atoms with Crippen molar-refractivity contribution in [2.45, 2.75) is 0 Å². The monoisotopic (exact) mass is 677 g/mol. The van der Waals surface area contributed by atoms with Crippen molar-refractivity contribution < 1.29 is 4.42 Å². The minimum atomic E-state index is 0.565. The smallest absolute Gasteiger partial charge is 0.167 e. The summed E-state index contributed by atoms with van der Waals surface area (Å²) in [6.45, 7) is 0. The van der Waals surface area contributed by atoms with E-state index in [1.165, 1.54) is 11.1 Å². The van der Waals surface area contributed by atoms with Crippen LogP contribution in [0.2, 0.25) is 0 Å². The van der Waals surface area contributed by atoms with Crippen LogP contribution in [0.5, 0.6) is 0 Å². The molecule has 2 heterocycles. The van der Waals surface area contributed by atoms with Crippen molar-refractivity contribution >= 4 is 32.7 Å². The summed E-state index contributed by atoms with van der Waals surface area (Å²) in [6, 6.07) is 65.3. The van der Waals surface area contributed by atoms with Crippen LogP contribution in [0.25, 0.3) is 100 Å². The van der Waals surface area contributed by atoms with E-state index in [1.54, 1.807) is 0 Å². The molecule has 2 aromatic heterocycles. The Bertz CT molecular complexity index is 2810. The zero-order valence-electron chi connectivity index (χ0n) is 28.6. The van der Waals surface area contributed by atoms with E-state index in [2.05, 4.69) is 121 Å². The summed E-state index contributed by atoms with van der Waals surface area (Å²) in [6.07, 6.45) is 0. The van der Waals surface area contributed by atoms with Crippen LogP contribution in [0.3, 0.4) is 0 Å². The topological polar surface area (TPSA) is 51.8 Å². The molecule has 0 saturated heterocycles. The number of rotatable bonds is 6. The SMILES string of the molecule is c1ccc(-c2cc(-c3ccccc3)cc(-c3cc4oc5c(-c6nc(-c7ccccc7)nc(-c7ccccc7)n6)cccc5c4c4ccccc34)c2)cc1. The molecule has 10 rings (SSSR count). The number of benzene rings is 8. The molecule has 53 heavy (non-hydrogen) atoms. The molecule has 0 atom stereocenters. The highest BCUT2D eigenvalue weighted by atomic mass is 16.3. The highest BCUT2D eigenvalue weighted by Gasteiger charge is 2.21. The summed E-state index contributed by atoms with van der Waals surface area (Å²) < 4.78 is 6.93. The standard InChI is InChI=1S/C49H31N3O/c1-5-16-32(17-6-1)36-28-37(33-18-7-2-8-19-33)30-38(29-36)43-31-44-45(40-25-14-13-24-39(40)43)41-26-15-27-42(46(41)53-44)49-51-47(34-20-9-3-10-21-34)50-48(52-49)35-22-11-4-12-23-35/h1-31H. The molecule has 0 unspecified atom stereocenters. The molecule has 4 nitrogen and oxygen atoms in total. The van der Waals surface area contributed by atoms with Gasteiger partial charge >= 0.3 is 0 Å². The Morgan fingerprint density at radius 3 is 1.32 bits per heavy atom. The van der Waals surface area contributed by atoms with E-state index in [1.807, 2.05) is 66.7 Å². The number of nitrogens with zero attached hydrogens (tertiary/aromatic N) is 3. The van der Waals surface area contributed by atoms with Gasteiger partial charge < -0.3 is 4.42 Å². The van der Waals surface area contributed by atoms with Crippen LogP contribution in [-0.4, -0.2) is 15.0 Å². The van der Waals surface area contributed by atoms with E-state index in [-0.39, 0.29) is 0 Å². The van der Waals surface area contributed by atoms with E-state index in [4.69, 9.17) is 19.4 Å². The molecule has 0 aliphatic heterocycles. The lowest BCUT2D eigenvalue weighted by atomic mass is 9.90. The first-order valence-corrected chi connectivity index (χ1v) is 17.8. The molecule has 10 aromatic rings. The van der Waals surface area contributed by atoms with E-state index < -0.39 is 0 Å². The van der Waals surface area contributed by atoms with Gasteiger partial charge in [0.1, 0.15) is 11.2 Å². The first-order valence-electron chi connectivity index (χ1n) is 17.8. The molecule has 0 N–H and O–H groups in total. The van der Waals surface area contributed by atoms with Crippen molar-refractivity contribution in [3.8, 4) is 67.5 Å². The Labute approximate surface area is 306 Å². The molecule has 0 bridgehead atoms. The van der Waals surface area contributed by atoms with Crippen molar-refractivity contribution in [3.63, 3.8) is 0 Å². The first kappa shape index (κ1) is 30.6. The Hall–Kier alpha value is -7.17. The van der Waals surface area contributed by atoms with Crippen LogP contribution in [0, 0.1) is 0 Å². The fourth-order valence-electron chi connectivity index (χ4n) is 7.38. The largest absolute Gasteiger partial charge is 0.455 e. The second kappa shape index (κ2) is 12.9. The van der Waals surface area contributed by atoms with Gasteiger partial charge in [-0.2, -0.15) is 0 Å². The molecule has 0 amide bonds. The van der Waals surface area contributed by atoms with Gasteiger partial charge in [0.25, 0.3) is 0 Å². The summed E-state index contributed by atoms with van der Waals surface area (Å²) in [5, 5.41) is 4.39. The lowest BCUT2D eigenvalue weighted by molar-refractivity contribution is 0.670. The van der Waals surface area contributed by atoms with E-state index >= 15 is 0 Å². The third-order valence-electron chi connectivity index (χ3n) is 9.90. The lowest BCUT2D eigenvalue weighted by Gasteiger charge is -2.13. The summed E-state index contributed by atoms with van der Waals surface area (Å²) in [7, 11) is 0. The first-order chi connectivity index (χ1) is 26.3. The zero-order chi connectivity index (χ0) is 35.1. The Morgan fingerprint density at radius 1 is 0.302 bits per heavy atom. The minimum absolute atomic E-state index is 0.565. The van der Waals surface area contributed by atoms with Crippen LogP contribution in [0.15, 0.2) is 192 Å². The van der Waals surface area contributed by atoms with Crippen molar-refractivity contribution in [1.29, 1.82) is 0 Å². The van der Waals surface area contributed by atoms with E-state index in [9.17, 15) is 0 Å². The fraction of sp³-hybridized carbons (Fsp3) is 0. The molecular formula is C49H31N3O. The van der Waals surface area contributed by atoms with Crippen molar-refractivity contribution in [2.75, 3.05) is 0 Å². The lowest BCUT2D eigenvalue weighted by Crippen LogP contribution is -2.00. The quantitative estimate of drug-likeness (QED) is 0.176. The average Bonchev–Trinajstić information content (AvgIpc) is 3.63. The maximum Gasteiger partial charge on any atom is 0.167 e. The Balaban J connectivity index is 1.21. The van der Waals surface area contributed by atoms with Crippen LogP contribution in [0.1, 0.15) is 0 Å². The van der Waals surface area contributed by atoms with Gasteiger partial charge in [-0.05, 0) is 74.5 Å². The summed E-state index contributed by atoms with van der Waals surface area (Å²) in [5.41, 5.74) is 11.1. The molecule has 4 heteroatoms. The number of furan rings is 1. The minimum Gasteiger partial charge on any atom is -0.455 e. The molecule has 0 aliphatic rings. The highest BCUT2D eigenvalue weighted by Crippen LogP contribution is 2.44. The van der Waals surface area contributed by atoms with Gasteiger partial charge in [0, 0.05) is 21.9 Å². The van der Waals surface area contributed by atoms with E-state index in [0.29, 0.717) is 17.5 Å². The predicted octanol–water partition coefficient (Wildman–Crippen LogP) is 12.9. The maximum absolute atomic E-state index is 6.93. The molecule has 0 fully saturated rings. The second-order valence-electron chi connectivity index (χ2n) is 13.2. The number of hydrogen-bond donors (Lipinski definition) is 0. The van der Waals surface area contributed by atoms with Crippen molar-refractivity contribution in [3.05, 3.63) is 188 Å². The maximum atomic E-state index is 6.93. The van der Waals surface area contributed by atoms with Crippen LogP contribution < -0.4 is 0 Å². The van der Waals surface area contributed by atoms with Crippen LogP contribution >= 0.6 is 0 Å². The summed E-state index contributed by atoms with van der Waals surface area (Å²) in [5.74, 6) is 1.79. The molecule has 0 radical (unpaired) electrons. The van der Waals surface area contributed by atoms with Gasteiger partial charge in [-0.15, -0.1) is 0 Å². The van der Waals surface area contributed by atoms with Gasteiger partial charge in [0.15, 0.2) is 17.5 Å². The van der Waals surface area contributed by atoms with Gasteiger partial charge in [0.05, 0.1) is 5.56 Å². The summed E-state index contributed by atoms with van der Waals surface area (Å²) in [4.78, 5) is 15.0. The Morgan fingerprint density at radius 2 is 0.755 bits per heavy atom. The number of fused-ring (bicyclic) bond motifs is 5. The van der Waals surface area contributed by atoms with Gasteiger partial charge in [0.2, 0.25) is 0 Å². The number of hydrogen-bond acceptors (Lipinski definition) is 4. The summed E-state index contributed by atoms with van der Waals surface area (Å²) >= 11 is 0. The van der Waals surface area contributed by atoms with Gasteiger partial charge in [-0.25, -0.2) is 15.0 Å². The second-order valence-corrected chi connectivity index (χ2v) is 13.2. The average molecular weight is 678 g/mol. The third-order valence-corrected chi connectivity index (χ3v) is 9.90. The van der Waals surface area contributed by atoms with Crippen LogP contribution in [0.4, 0.5) is 0 Å². The fourth-order valence-corrected chi connectivity index (χ4v) is 7.38. The molecule has 248 valence electrons. The molecule has 0 spiro atoms. The zero-order valence-corrected chi connectivity index (χ0v) is 28.6. The number of para-hydroxylation sites is 1. The molecule has 0 aliphatic carbocycles. The normalized spacial score (nSPS) is 11.4. The molecule has 0 saturated carbocycles. The molecule has 8 aromatic carbocycles. The Kier molecular flexibility index (Phi) is 7.43. The molecular weight excluding hydrogens is 647 g/mol. The van der Waals surface area contributed by atoms with Gasteiger partial charge in [-0.1, -0.05) is 158 Å². The predicted molar refractivity (Wildman–Crippen MR) is 217 cm³/mol. The van der Waals surface area contributed by atoms with Crippen molar-refractivity contribution in [2.24, 2.45) is 0 Å². The van der Waals surface area contributed by atoms with Crippen LogP contribution in [-0.2, 0) is 0 Å². The van der Waals surface area contributed by atoms with E-state index in [0.717, 1.165) is 71.7 Å². The number of aromatic nitrogens is 3. The highest BCUT2D eigenvalue weighted by molar-refractivity contribution is 6.23. The van der Waals surface area contributed by atoms with Gasteiger partial charge in [-0.3, -0.25) is 0 Å². The third kappa shape index (κ3) is 5.54.